The molecule has 0 saturated carbocycles. The van der Waals surface area contributed by atoms with E-state index in [1.54, 1.807) is 0 Å². The van der Waals surface area contributed by atoms with Crippen LogP contribution in [0, 0.1) is 26.3 Å². The van der Waals surface area contributed by atoms with Crippen LogP contribution in [0.5, 0.6) is 6.01 Å². The minimum Gasteiger partial charge on any atom is -0.462 e. The molecule has 0 unspecified atom stereocenters. The highest BCUT2D eigenvalue weighted by atomic mass is 19.1. The van der Waals surface area contributed by atoms with Gasteiger partial charge in [0.1, 0.15) is 18.6 Å². The Hall–Kier alpha value is -2.92. The topological polar surface area (TPSA) is 49.1 Å². The lowest BCUT2D eigenvalue weighted by atomic mass is 9.96. The first-order valence-electron chi connectivity index (χ1n) is 13.2. The Bertz CT molecular complexity index is 1130. The zero-order valence-corrected chi connectivity index (χ0v) is 21.7. The second-order valence-corrected chi connectivity index (χ2v) is 10.7. The molecule has 3 atom stereocenters. The maximum atomic E-state index is 13.9. The van der Waals surface area contributed by atoms with Gasteiger partial charge < -0.3 is 19.4 Å². The minimum atomic E-state index is -0.803. The molecule has 0 bridgehead atoms. The molecule has 0 spiro atoms. The molecule has 5 rings (SSSR count). The quantitative estimate of drug-likeness (QED) is 0.563. The van der Waals surface area contributed by atoms with Crippen molar-refractivity contribution in [1.29, 1.82) is 0 Å². The summed E-state index contributed by atoms with van der Waals surface area (Å²) in [6.45, 7) is 16.5. The Morgan fingerprint density at radius 1 is 1.17 bits per heavy atom. The summed E-state index contributed by atoms with van der Waals surface area (Å²) in [5.74, 6) is 1.34. The van der Waals surface area contributed by atoms with Gasteiger partial charge in [0.2, 0.25) is 6.54 Å². The van der Waals surface area contributed by atoms with E-state index >= 15 is 0 Å². The molecular weight excluding hydrogens is 455 g/mol. The fourth-order valence-corrected chi connectivity index (χ4v) is 5.91. The van der Waals surface area contributed by atoms with Gasteiger partial charge in [0.05, 0.1) is 12.2 Å². The minimum absolute atomic E-state index is 0.0348. The number of halogens is 1. The monoisotopic (exact) mass is 492 g/mol. The molecule has 36 heavy (non-hydrogen) atoms. The highest BCUT2D eigenvalue weighted by molar-refractivity contribution is 5.59. The number of likely N-dealkylation sites (N-methyl/N-ethyl adjacent to an activating group) is 1. The highest BCUT2D eigenvalue weighted by Gasteiger charge is 2.32. The third kappa shape index (κ3) is 5.12. The maximum absolute atomic E-state index is 13.9. The SMILES string of the molecule is [C-]#[N+]C[C@@H]1CCCN(c2nc(OC[C@@H]3C[C@@H](F)CN3C)nc3c2CCN(c2cccc(C)c2C)C3)C1. The molecule has 2 aromatic rings. The smallest absolute Gasteiger partial charge is 0.318 e. The Morgan fingerprint density at radius 3 is 2.81 bits per heavy atom. The summed E-state index contributed by atoms with van der Waals surface area (Å²) in [7, 11) is 1.94. The van der Waals surface area contributed by atoms with Crippen LogP contribution < -0.4 is 14.5 Å². The van der Waals surface area contributed by atoms with Gasteiger partial charge in [0, 0.05) is 49.4 Å². The number of aromatic nitrogens is 2. The molecule has 2 fully saturated rings. The van der Waals surface area contributed by atoms with Gasteiger partial charge in [-0.1, -0.05) is 12.1 Å². The Kier molecular flexibility index (Phi) is 7.29. The van der Waals surface area contributed by atoms with Gasteiger partial charge in [-0.25, -0.2) is 11.0 Å². The number of likely N-dealkylation sites (tertiary alicyclic amines) is 1. The first-order chi connectivity index (χ1) is 17.4. The molecule has 7 nitrogen and oxygen atoms in total. The van der Waals surface area contributed by atoms with Crippen molar-refractivity contribution < 1.29 is 9.13 Å². The van der Waals surface area contributed by atoms with Crippen molar-refractivity contribution in [2.75, 3.05) is 56.2 Å². The molecule has 0 aliphatic carbocycles. The van der Waals surface area contributed by atoms with Crippen molar-refractivity contribution in [3.05, 3.63) is 52.0 Å². The van der Waals surface area contributed by atoms with E-state index in [0.29, 0.717) is 44.6 Å². The number of nitrogens with zero attached hydrogens (tertiary/aromatic N) is 6. The number of aryl methyl sites for hydroxylation is 1. The molecule has 1 aromatic carbocycles. The molecular formula is C28H37FN6O. The van der Waals surface area contributed by atoms with Crippen LogP contribution in [0.4, 0.5) is 15.9 Å². The fourth-order valence-electron chi connectivity index (χ4n) is 5.91. The summed E-state index contributed by atoms with van der Waals surface area (Å²) in [5.41, 5.74) is 6.05. The third-order valence-corrected chi connectivity index (χ3v) is 8.15. The van der Waals surface area contributed by atoms with Crippen LogP contribution in [0.2, 0.25) is 0 Å². The summed E-state index contributed by atoms with van der Waals surface area (Å²) < 4.78 is 20.0. The van der Waals surface area contributed by atoms with Gasteiger partial charge in [-0.15, -0.1) is 0 Å². The summed E-state index contributed by atoms with van der Waals surface area (Å²) >= 11 is 0. The van der Waals surface area contributed by atoms with E-state index in [9.17, 15) is 4.39 Å². The first-order valence-corrected chi connectivity index (χ1v) is 13.2. The molecule has 4 heterocycles. The second-order valence-electron chi connectivity index (χ2n) is 10.7. The predicted octanol–water partition coefficient (Wildman–Crippen LogP) is 4.21. The van der Waals surface area contributed by atoms with E-state index in [1.807, 2.05) is 11.9 Å². The van der Waals surface area contributed by atoms with Gasteiger partial charge in [0.15, 0.2) is 0 Å². The van der Waals surface area contributed by atoms with Crippen molar-refractivity contribution in [3.63, 3.8) is 0 Å². The average molecular weight is 493 g/mol. The zero-order chi connectivity index (χ0) is 25.2. The van der Waals surface area contributed by atoms with Gasteiger partial charge >= 0.3 is 6.01 Å². The standard InChI is InChI=1S/C28H37FN6O/c1-19-7-5-9-26(20(19)2)34-12-10-24-25(17-34)31-28(36-18-23-13-22(29)16-33(23)4)32-27(24)35-11-6-8-21(15-35)14-30-3/h5,7,9,21-23H,6,8,10-18H2,1-2,4H3/t21-,22+,23-/m0/s1. The predicted molar refractivity (Wildman–Crippen MR) is 141 cm³/mol. The molecule has 192 valence electrons. The zero-order valence-electron chi connectivity index (χ0n) is 21.7. The number of rotatable bonds is 6. The van der Waals surface area contributed by atoms with Crippen LogP contribution in [0.3, 0.4) is 0 Å². The lowest BCUT2D eigenvalue weighted by molar-refractivity contribution is 0.187. The number of hydrogen-bond acceptors (Lipinski definition) is 6. The number of benzene rings is 1. The largest absolute Gasteiger partial charge is 0.462 e. The van der Waals surface area contributed by atoms with E-state index in [1.165, 1.54) is 22.4 Å². The van der Waals surface area contributed by atoms with Crippen LogP contribution in [-0.4, -0.2) is 73.5 Å². The van der Waals surface area contributed by atoms with Crippen molar-refractivity contribution in [2.45, 2.75) is 58.3 Å². The molecule has 0 amide bonds. The Labute approximate surface area is 214 Å². The number of hydrogen-bond donors (Lipinski definition) is 0. The van der Waals surface area contributed by atoms with Crippen molar-refractivity contribution in [1.82, 2.24) is 14.9 Å². The number of ether oxygens (including phenoxy) is 1. The molecule has 0 N–H and O–H groups in total. The molecule has 3 aliphatic rings. The fraction of sp³-hybridized carbons (Fsp3) is 0.607. The second kappa shape index (κ2) is 10.6. The Morgan fingerprint density at radius 2 is 2.03 bits per heavy atom. The highest BCUT2D eigenvalue weighted by Crippen LogP contribution is 2.34. The lowest BCUT2D eigenvalue weighted by Gasteiger charge is -2.36. The van der Waals surface area contributed by atoms with Crippen LogP contribution in [0.25, 0.3) is 4.85 Å². The van der Waals surface area contributed by atoms with Crippen LogP contribution in [0.15, 0.2) is 18.2 Å². The molecule has 1 aromatic heterocycles. The number of fused-ring (bicyclic) bond motifs is 1. The summed E-state index contributed by atoms with van der Waals surface area (Å²) in [6, 6.07) is 6.88. The maximum Gasteiger partial charge on any atom is 0.318 e. The van der Waals surface area contributed by atoms with E-state index in [0.717, 1.165) is 50.4 Å². The van der Waals surface area contributed by atoms with Gasteiger partial charge in [0.25, 0.3) is 0 Å². The summed E-state index contributed by atoms with van der Waals surface area (Å²) in [6.07, 6.45) is 2.71. The average Bonchev–Trinajstić information content (AvgIpc) is 3.20. The molecule has 2 saturated heterocycles. The summed E-state index contributed by atoms with van der Waals surface area (Å²) in [5, 5.41) is 0. The number of anilines is 2. The van der Waals surface area contributed by atoms with E-state index in [4.69, 9.17) is 21.3 Å². The van der Waals surface area contributed by atoms with Crippen molar-refractivity contribution in [2.24, 2.45) is 5.92 Å². The van der Waals surface area contributed by atoms with Gasteiger partial charge in [-0.2, -0.15) is 9.97 Å². The van der Waals surface area contributed by atoms with Crippen LogP contribution in [-0.2, 0) is 13.0 Å². The lowest BCUT2D eigenvalue weighted by Crippen LogP contribution is -2.40. The van der Waals surface area contributed by atoms with Gasteiger partial charge in [-0.05, 0) is 63.8 Å². The van der Waals surface area contributed by atoms with E-state index in [-0.39, 0.29) is 6.04 Å². The number of piperidine rings is 1. The van der Waals surface area contributed by atoms with Crippen LogP contribution >= 0.6 is 0 Å². The molecule has 0 radical (unpaired) electrons. The molecule has 3 aliphatic heterocycles. The molecule has 8 heteroatoms. The van der Waals surface area contributed by atoms with E-state index in [2.05, 4.69) is 46.7 Å². The normalized spacial score (nSPS) is 24.5. The Balaban J connectivity index is 1.44. The van der Waals surface area contributed by atoms with Crippen molar-refractivity contribution in [3.8, 4) is 6.01 Å². The summed E-state index contributed by atoms with van der Waals surface area (Å²) in [4.78, 5) is 20.3. The number of alkyl halides is 1. The first kappa shape index (κ1) is 24.8. The van der Waals surface area contributed by atoms with E-state index < -0.39 is 6.17 Å². The van der Waals surface area contributed by atoms with Crippen molar-refractivity contribution >= 4 is 11.5 Å². The van der Waals surface area contributed by atoms with Crippen LogP contribution in [0.1, 0.15) is 41.6 Å². The van der Waals surface area contributed by atoms with Gasteiger partial charge in [-0.3, -0.25) is 4.90 Å². The third-order valence-electron chi connectivity index (χ3n) is 8.15.